The molecule has 1 aliphatic rings. The van der Waals surface area contributed by atoms with Gasteiger partial charge in [0.2, 0.25) is 0 Å². The second-order valence-corrected chi connectivity index (χ2v) is 5.17. The van der Waals surface area contributed by atoms with Gasteiger partial charge in [0.25, 0.3) is 0 Å². The molecule has 20 heavy (non-hydrogen) atoms. The van der Waals surface area contributed by atoms with Gasteiger partial charge in [-0.2, -0.15) is 0 Å². The zero-order valence-corrected chi connectivity index (χ0v) is 11.3. The van der Waals surface area contributed by atoms with Crippen molar-refractivity contribution in [2.45, 2.75) is 32.2 Å². The number of carboxylic acid groups (broad SMARTS) is 1. The number of anilines is 1. The van der Waals surface area contributed by atoms with Gasteiger partial charge in [-0.05, 0) is 43.5 Å². The van der Waals surface area contributed by atoms with Gasteiger partial charge in [-0.15, -0.1) is 0 Å². The van der Waals surface area contributed by atoms with Gasteiger partial charge in [-0.3, -0.25) is 0 Å². The van der Waals surface area contributed by atoms with Crippen LogP contribution in [0.1, 0.15) is 46.1 Å². The quantitative estimate of drug-likeness (QED) is 0.891. The number of nitrogens with one attached hydrogen (secondary N) is 1. The Bertz CT molecular complexity index is 645. The second kappa shape index (κ2) is 5.04. The van der Waals surface area contributed by atoms with E-state index < -0.39 is 5.97 Å². The Labute approximate surface area is 117 Å². The molecule has 1 aromatic heterocycles. The smallest absolute Gasteiger partial charge is 0.336 e. The number of hydrogen-bond donors (Lipinski definition) is 2. The summed E-state index contributed by atoms with van der Waals surface area (Å²) in [6.45, 7) is 1.84. The average Bonchev–Trinajstić information content (AvgIpc) is 2.90. The largest absolute Gasteiger partial charge is 0.478 e. The predicted molar refractivity (Wildman–Crippen MR) is 76.1 cm³/mol. The molecule has 0 radical (unpaired) electrons. The molecule has 1 heterocycles. The van der Waals surface area contributed by atoms with Crippen LogP contribution < -0.4 is 5.32 Å². The van der Waals surface area contributed by atoms with E-state index in [1.54, 1.807) is 18.4 Å². The molecule has 1 aliphatic carbocycles. The van der Waals surface area contributed by atoms with E-state index in [1.165, 1.54) is 5.56 Å². The molecular weight excluding hydrogens is 254 g/mol. The van der Waals surface area contributed by atoms with E-state index in [4.69, 9.17) is 4.42 Å². The summed E-state index contributed by atoms with van der Waals surface area (Å²) in [5, 5.41) is 12.6. The van der Waals surface area contributed by atoms with Crippen LogP contribution in [0.2, 0.25) is 0 Å². The standard InChI is InChI=1S/C16H17NO3/c1-10-11(16(18)19)4-2-5-13(10)17-14-6-3-7-15-12(14)8-9-20-15/h2,4-5,8-9,14,17H,3,6-7H2,1H3,(H,18,19). The lowest BCUT2D eigenvalue weighted by Gasteiger charge is -2.25. The van der Waals surface area contributed by atoms with Gasteiger partial charge >= 0.3 is 5.97 Å². The topological polar surface area (TPSA) is 62.5 Å². The average molecular weight is 271 g/mol. The van der Waals surface area contributed by atoms with Crippen molar-refractivity contribution in [1.29, 1.82) is 0 Å². The lowest BCUT2D eigenvalue weighted by molar-refractivity contribution is 0.0696. The number of carbonyl (C=O) groups is 1. The van der Waals surface area contributed by atoms with Crippen LogP contribution in [0.3, 0.4) is 0 Å². The van der Waals surface area contributed by atoms with Crippen LogP contribution >= 0.6 is 0 Å². The molecule has 2 N–H and O–H groups in total. The fourth-order valence-corrected chi connectivity index (χ4v) is 2.85. The summed E-state index contributed by atoms with van der Waals surface area (Å²) in [7, 11) is 0. The SMILES string of the molecule is Cc1c(NC2CCCc3occc32)cccc1C(=O)O. The third-order valence-corrected chi connectivity index (χ3v) is 3.95. The van der Waals surface area contributed by atoms with Crippen molar-refractivity contribution in [2.24, 2.45) is 0 Å². The Morgan fingerprint density at radius 3 is 3.05 bits per heavy atom. The fraction of sp³-hybridized carbons (Fsp3) is 0.312. The highest BCUT2D eigenvalue weighted by Gasteiger charge is 2.23. The molecule has 0 spiro atoms. The number of rotatable bonds is 3. The zero-order chi connectivity index (χ0) is 14.1. The van der Waals surface area contributed by atoms with E-state index in [1.807, 2.05) is 19.1 Å². The van der Waals surface area contributed by atoms with Crippen LogP contribution in [-0.4, -0.2) is 11.1 Å². The van der Waals surface area contributed by atoms with Crippen molar-refractivity contribution in [1.82, 2.24) is 0 Å². The summed E-state index contributed by atoms with van der Waals surface area (Å²) in [4.78, 5) is 11.2. The van der Waals surface area contributed by atoms with Crippen LogP contribution in [0.15, 0.2) is 34.9 Å². The Kier molecular flexibility index (Phi) is 3.22. The number of benzene rings is 1. The van der Waals surface area contributed by atoms with Crippen molar-refractivity contribution in [3.05, 3.63) is 53.0 Å². The lowest BCUT2D eigenvalue weighted by atomic mass is 9.93. The lowest BCUT2D eigenvalue weighted by Crippen LogP contribution is -2.17. The summed E-state index contributed by atoms with van der Waals surface area (Å²) >= 11 is 0. The van der Waals surface area contributed by atoms with Gasteiger partial charge in [-0.1, -0.05) is 6.07 Å². The maximum Gasteiger partial charge on any atom is 0.336 e. The molecule has 1 atom stereocenters. The van der Waals surface area contributed by atoms with E-state index in [0.29, 0.717) is 5.56 Å². The summed E-state index contributed by atoms with van der Waals surface area (Å²) in [6.07, 6.45) is 4.82. The molecule has 3 rings (SSSR count). The minimum atomic E-state index is -0.890. The summed E-state index contributed by atoms with van der Waals surface area (Å²) in [6, 6.07) is 7.53. The van der Waals surface area contributed by atoms with Crippen LogP contribution in [0.4, 0.5) is 5.69 Å². The highest BCUT2D eigenvalue weighted by molar-refractivity contribution is 5.91. The number of aryl methyl sites for hydroxylation is 1. The van der Waals surface area contributed by atoms with E-state index in [9.17, 15) is 9.90 Å². The molecule has 0 fully saturated rings. The fourth-order valence-electron chi connectivity index (χ4n) is 2.85. The minimum absolute atomic E-state index is 0.195. The molecule has 0 aliphatic heterocycles. The van der Waals surface area contributed by atoms with E-state index in [-0.39, 0.29) is 6.04 Å². The molecule has 0 saturated heterocycles. The number of fused-ring (bicyclic) bond motifs is 1. The van der Waals surface area contributed by atoms with E-state index >= 15 is 0 Å². The second-order valence-electron chi connectivity index (χ2n) is 5.17. The van der Waals surface area contributed by atoms with Crippen molar-refractivity contribution >= 4 is 11.7 Å². The Morgan fingerprint density at radius 2 is 2.25 bits per heavy atom. The number of carboxylic acids is 1. The third kappa shape index (κ3) is 2.18. The monoisotopic (exact) mass is 271 g/mol. The van der Waals surface area contributed by atoms with Crippen molar-refractivity contribution in [3.63, 3.8) is 0 Å². The molecule has 4 heteroatoms. The maximum atomic E-state index is 11.2. The van der Waals surface area contributed by atoms with Crippen molar-refractivity contribution in [2.75, 3.05) is 5.32 Å². The van der Waals surface area contributed by atoms with Gasteiger partial charge < -0.3 is 14.8 Å². The first-order valence-corrected chi connectivity index (χ1v) is 6.82. The van der Waals surface area contributed by atoms with Crippen LogP contribution in [0.5, 0.6) is 0 Å². The first-order chi connectivity index (χ1) is 9.66. The van der Waals surface area contributed by atoms with E-state index in [0.717, 1.165) is 36.3 Å². The number of furan rings is 1. The van der Waals surface area contributed by atoms with Gasteiger partial charge in [0.1, 0.15) is 5.76 Å². The molecule has 0 saturated carbocycles. The number of hydrogen-bond acceptors (Lipinski definition) is 3. The Hall–Kier alpha value is -2.23. The van der Waals surface area contributed by atoms with Crippen molar-refractivity contribution < 1.29 is 14.3 Å². The highest BCUT2D eigenvalue weighted by atomic mass is 16.4. The first kappa shape index (κ1) is 12.8. The van der Waals surface area contributed by atoms with Crippen molar-refractivity contribution in [3.8, 4) is 0 Å². The Morgan fingerprint density at radius 1 is 1.40 bits per heavy atom. The van der Waals surface area contributed by atoms with Crippen LogP contribution in [0.25, 0.3) is 0 Å². The zero-order valence-electron chi connectivity index (χ0n) is 11.3. The maximum absolute atomic E-state index is 11.2. The Balaban J connectivity index is 1.90. The summed E-state index contributed by atoms with van der Waals surface area (Å²) in [5.74, 6) is 0.152. The molecule has 104 valence electrons. The molecule has 0 amide bonds. The van der Waals surface area contributed by atoms with E-state index in [2.05, 4.69) is 5.32 Å². The van der Waals surface area contributed by atoms with Gasteiger partial charge in [0.15, 0.2) is 0 Å². The van der Waals surface area contributed by atoms with Gasteiger partial charge in [-0.25, -0.2) is 4.79 Å². The number of aromatic carboxylic acids is 1. The van der Waals surface area contributed by atoms with Gasteiger partial charge in [0, 0.05) is 17.7 Å². The molecule has 0 bridgehead atoms. The molecule has 4 nitrogen and oxygen atoms in total. The predicted octanol–water partition coefficient (Wildman–Crippen LogP) is 3.78. The summed E-state index contributed by atoms with van der Waals surface area (Å²) < 4.78 is 5.48. The molecular formula is C16H17NO3. The highest BCUT2D eigenvalue weighted by Crippen LogP contribution is 2.34. The third-order valence-electron chi connectivity index (χ3n) is 3.95. The minimum Gasteiger partial charge on any atom is -0.478 e. The normalized spacial score (nSPS) is 17.6. The van der Waals surface area contributed by atoms with Crippen LogP contribution in [0, 0.1) is 6.92 Å². The molecule has 1 unspecified atom stereocenters. The summed E-state index contributed by atoms with van der Waals surface area (Å²) in [5.41, 5.74) is 3.19. The van der Waals surface area contributed by atoms with Crippen LogP contribution in [-0.2, 0) is 6.42 Å². The first-order valence-electron chi connectivity index (χ1n) is 6.82. The van der Waals surface area contributed by atoms with Gasteiger partial charge in [0.05, 0.1) is 17.9 Å². The molecule has 2 aromatic rings. The molecule has 1 aromatic carbocycles.